The van der Waals surface area contributed by atoms with Gasteiger partial charge < -0.3 is 38.3 Å². The molecular weight excluding hydrogens is 492 g/mol. The third-order valence-corrected chi connectivity index (χ3v) is 7.23. The number of carboxylic acid groups (broad SMARTS) is 1. The topological polar surface area (TPSA) is 102 Å². The van der Waals surface area contributed by atoms with Gasteiger partial charge in [0.05, 0.1) is 55.4 Å². The predicted molar refractivity (Wildman–Crippen MR) is 142 cm³/mol. The first kappa shape index (κ1) is 29.0. The summed E-state index contributed by atoms with van der Waals surface area (Å²) in [6, 6.07) is 7.67. The molecule has 2 aromatic carbocycles. The molecule has 1 saturated heterocycles. The average Bonchev–Trinajstić information content (AvgIpc) is 3.32. The smallest absolute Gasteiger partial charge is 0.331 e. The number of carbonyl (C=O) groups is 1. The molecule has 208 valence electrons. The summed E-state index contributed by atoms with van der Waals surface area (Å²) in [6.45, 7) is 3.99. The summed E-state index contributed by atoms with van der Waals surface area (Å²) in [5.74, 6) is 2.39. The first-order chi connectivity index (χ1) is 18.2. The zero-order chi connectivity index (χ0) is 28.0. The Balaban J connectivity index is 2.05. The number of carboxylic acids is 1. The highest BCUT2D eigenvalue weighted by atomic mass is 16.5. The maximum atomic E-state index is 11.7. The largest absolute Gasteiger partial charge is 0.493 e. The highest BCUT2D eigenvalue weighted by Crippen LogP contribution is 2.48. The van der Waals surface area contributed by atoms with Crippen LogP contribution in [0.5, 0.6) is 34.5 Å². The van der Waals surface area contributed by atoms with Gasteiger partial charge in [-0.15, -0.1) is 0 Å². The summed E-state index contributed by atoms with van der Waals surface area (Å²) in [6.07, 6.45) is 0.906. The quantitative estimate of drug-likeness (QED) is 0.376. The Morgan fingerprint density at radius 3 is 1.71 bits per heavy atom. The third-order valence-electron chi connectivity index (χ3n) is 7.23. The van der Waals surface area contributed by atoms with E-state index in [1.165, 1.54) is 0 Å². The minimum absolute atomic E-state index is 0.0220. The minimum Gasteiger partial charge on any atom is -0.493 e. The SMILES string of the molecule is COc1cc(C[C@H]2CO[C@H](c3cc(OC)c(OC)c(OC)c3)[C@@H]2CC(C)=C(C)C(=O)O)cc(OC)c1OC. The van der Waals surface area contributed by atoms with Gasteiger partial charge in [-0.2, -0.15) is 0 Å². The molecule has 0 saturated carbocycles. The lowest BCUT2D eigenvalue weighted by atomic mass is 9.79. The molecule has 1 N–H and O–H groups in total. The van der Waals surface area contributed by atoms with Crippen molar-refractivity contribution in [1.82, 2.24) is 0 Å². The molecule has 3 atom stereocenters. The van der Waals surface area contributed by atoms with Crippen molar-refractivity contribution in [2.75, 3.05) is 49.3 Å². The van der Waals surface area contributed by atoms with Crippen molar-refractivity contribution in [3.8, 4) is 34.5 Å². The molecule has 1 aliphatic rings. The molecule has 9 heteroatoms. The second-order valence-electron chi connectivity index (χ2n) is 9.29. The highest BCUT2D eigenvalue weighted by Gasteiger charge is 2.39. The first-order valence-corrected chi connectivity index (χ1v) is 12.3. The van der Waals surface area contributed by atoms with Crippen molar-refractivity contribution >= 4 is 5.97 Å². The van der Waals surface area contributed by atoms with Crippen LogP contribution in [0.3, 0.4) is 0 Å². The molecule has 2 aromatic rings. The van der Waals surface area contributed by atoms with Crippen LogP contribution in [0.25, 0.3) is 0 Å². The van der Waals surface area contributed by atoms with E-state index in [1.807, 2.05) is 31.2 Å². The summed E-state index contributed by atoms with van der Waals surface area (Å²) >= 11 is 0. The van der Waals surface area contributed by atoms with Crippen LogP contribution in [-0.4, -0.2) is 60.3 Å². The first-order valence-electron chi connectivity index (χ1n) is 12.3. The molecule has 0 bridgehead atoms. The van der Waals surface area contributed by atoms with E-state index in [-0.39, 0.29) is 17.9 Å². The van der Waals surface area contributed by atoms with Gasteiger partial charge in [-0.25, -0.2) is 4.79 Å². The number of aliphatic carboxylic acids is 1. The van der Waals surface area contributed by atoms with Crippen LogP contribution in [0.4, 0.5) is 0 Å². The van der Waals surface area contributed by atoms with Crippen LogP contribution < -0.4 is 28.4 Å². The Morgan fingerprint density at radius 2 is 1.29 bits per heavy atom. The van der Waals surface area contributed by atoms with Gasteiger partial charge in [-0.1, -0.05) is 5.57 Å². The van der Waals surface area contributed by atoms with Crippen molar-refractivity contribution in [2.45, 2.75) is 32.8 Å². The van der Waals surface area contributed by atoms with Crippen LogP contribution >= 0.6 is 0 Å². The number of ether oxygens (including phenoxy) is 7. The summed E-state index contributed by atoms with van der Waals surface area (Å²) < 4.78 is 39.6. The highest BCUT2D eigenvalue weighted by molar-refractivity contribution is 5.86. The second kappa shape index (κ2) is 12.8. The molecule has 0 aromatic heterocycles. The van der Waals surface area contributed by atoms with E-state index >= 15 is 0 Å². The van der Waals surface area contributed by atoms with Crippen LogP contribution in [0.15, 0.2) is 35.4 Å². The van der Waals surface area contributed by atoms with Gasteiger partial charge in [-0.05, 0) is 73.9 Å². The fourth-order valence-corrected chi connectivity index (χ4v) is 5.06. The van der Waals surface area contributed by atoms with Crippen LogP contribution in [0, 0.1) is 11.8 Å². The molecule has 0 radical (unpaired) electrons. The van der Waals surface area contributed by atoms with Crippen molar-refractivity contribution < 1.29 is 43.1 Å². The molecule has 0 unspecified atom stereocenters. The Hall–Kier alpha value is -3.59. The molecule has 1 heterocycles. The van der Waals surface area contributed by atoms with E-state index < -0.39 is 5.97 Å². The van der Waals surface area contributed by atoms with Crippen LogP contribution in [-0.2, 0) is 16.0 Å². The summed E-state index contributed by atoms with van der Waals surface area (Å²) in [7, 11) is 9.46. The Bertz CT molecular complexity index is 1120. The van der Waals surface area contributed by atoms with E-state index in [0.29, 0.717) is 59.5 Å². The lowest BCUT2D eigenvalue weighted by Gasteiger charge is -2.26. The predicted octanol–water partition coefficient (Wildman–Crippen LogP) is 5.10. The van der Waals surface area contributed by atoms with Crippen LogP contribution in [0.2, 0.25) is 0 Å². The second-order valence-corrected chi connectivity index (χ2v) is 9.29. The maximum Gasteiger partial charge on any atom is 0.331 e. The van der Waals surface area contributed by atoms with Gasteiger partial charge in [0.25, 0.3) is 0 Å². The zero-order valence-electron chi connectivity index (χ0n) is 23.4. The summed E-state index contributed by atoms with van der Waals surface area (Å²) in [5.41, 5.74) is 3.02. The number of benzene rings is 2. The molecular formula is C29H38O9. The van der Waals surface area contributed by atoms with Gasteiger partial charge in [-0.3, -0.25) is 0 Å². The van der Waals surface area contributed by atoms with E-state index in [1.54, 1.807) is 49.6 Å². The standard InChI is InChI=1S/C29H38O9/c1-16(17(2)29(30)31)9-21-20(10-18-11-22(32-3)27(36-7)23(12-18)33-4)15-38-26(21)19-13-24(34-5)28(37-8)25(14-19)35-6/h11-14,20-21,26H,9-10,15H2,1-8H3,(H,30,31)/t20-,21+,26+/m0/s1. The Labute approximate surface area is 224 Å². The number of hydrogen-bond acceptors (Lipinski definition) is 8. The molecule has 0 aliphatic carbocycles. The van der Waals surface area contributed by atoms with Gasteiger partial charge in [0, 0.05) is 5.57 Å². The number of allylic oxidation sites excluding steroid dienone is 1. The third kappa shape index (κ3) is 5.93. The summed E-state index contributed by atoms with van der Waals surface area (Å²) in [5, 5.41) is 9.59. The van der Waals surface area contributed by atoms with Gasteiger partial charge in [0.1, 0.15) is 0 Å². The lowest BCUT2D eigenvalue weighted by molar-refractivity contribution is -0.132. The summed E-state index contributed by atoms with van der Waals surface area (Å²) in [4.78, 5) is 11.7. The minimum atomic E-state index is -0.924. The molecule has 1 fully saturated rings. The van der Waals surface area contributed by atoms with Gasteiger partial charge in [0.15, 0.2) is 23.0 Å². The molecule has 3 rings (SSSR count). The molecule has 38 heavy (non-hydrogen) atoms. The fourth-order valence-electron chi connectivity index (χ4n) is 5.06. The molecule has 9 nitrogen and oxygen atoms in total. The number of hydrogen-bond donors (Lipinski definition) is 1. The van der Waals surface area contributed by atoms with Gasteiger partial charge >= 0.3 is 5.97 Å². The fraction of sp³-hybridized carbons (Fsp3) is 0.483. The average molecular weight is 531 g/mol. The van der Waals surface area contributed by atoms with Crippen molar-refractivity contribution in [3.63, 3.8) is 0 Å². The zero-order valence-corrected chi connectivity index (χ0v) is 23.4. The number of methoxy groups -OCH3 is 6. The van der Waals surface area contributed by atoms with E-state index in [2.05, 4.69) is 0 Å². The van der Waals surface area contributed by atoms with E-state index in [9.17, 15) is 9.90 Å². The molecule has 1 aliphatic heterocycles. The number of rotatable bonds is 12. The normalized spacial score (nSPS) is 19.4. The monoisotopic (exact) mass is 530 g/mol. The molecule has 0 spiro atoms. The van der Waals surface area contributed by atoms with E-state index in [4.69, 9.17) is 33.2 Å². The van der Waals surface area contributed by atoms with Crippen molar-refractivity contribution in [1.29, 1.82) is 0 Å². The maximum absolute atomic E-state index is 11.7. The van der Waals surface area contributed by atoms with Gasteiger partial charge in [0.2, 0.25) is 11.5 Å². The van der Waals surface area contributed by atoms with E-state index in [0.717, 1.165) is 16.7 Å². The van der Waals surface area contributed by atoms with Crippen LogP contribution in [0.1, 0.15) is 37.5 Å². The Morgan fingerprint density at radius 1 is 0.816 bits per heavy atom. The Kier molecular flexibility index (Phi) is 9.74. The van der Waals surface area contributed by atoms with Crippen molar-refractivity contribution in [2.24, 2.45) is 11.8 Å². The van der Waals surface area contributed by atoms with Crippen molar-refractivity contribution in [3.05, 3.63) is 46.5 Å². The lowest BCUT2D eigenvalue weighted by Crippen LogP contribution is -2.19. The molecule has 0 amide bonds.